The Labute approximate surface area is 122 Å². The Hall–Kier alpha value is -2.76. The molecule has 108 valence electrons. The summed E-state index contributed by atoms with van der Waals surface area (Å²) >= 11 is 0. The van der Waals surface area contributed by atoms with E-state index in [1.165, 1.54) is 18.5 Å². The number of nitrogens with one attached hydrogen (secondary N) is 2. The van der Waals surface area contributed by atoms with E-state index in [9.17, 15) is 4.79 Å². The average molecular weight is 283 g/mol. The molecule has 0 fully saturated rings. The fourth-order valence-electron chi connectivity index (χ4n) is 1.89. The number of nitrogens with zero attached hydrogens (tertiary/aromatic N) is 2. The van der Waals surface area contributed by atoms with Gasteiger partial charge in [0.1, 0.15) is 11.5 Å². The molecular formula is C15H17N5O. The molecule has 0 aliphatic rings. The molecule has 0 saturated heterocycles. The van der Waals surface area contributed by atoms with Gasteiger partial charge in [-0.1, -0.05) is 0 Å². The van der Waals surface area contributed by atoms with E-state index in [4.69, 9.17) is 11.1 Å². The van der Waals surface area contributed by atoms with E-state index in [1.807, 2.05) is 13.8 Å². The van der Waals surface area contributed by atoms with Crippen LogP contribution in [0.4, 0.5) is 11.5 Å². The SMILES string of the molecule is CC(C)Nc1ccncc1C(=N)C(=O)c1ccnc(N)c1. The van der Waals surface area contributed by atoms with Gasteiger partial charge in [0.15, 0.2) is 0 Å². The van der Waals surface area contributed by atoms with E-state index in [2.05, 4.69) is 15.3 Å². The summed E-state index contributed by atoms with van der Waals surface area (Å²) in [5.41, 5.74) is 6.96. The van der Waals surface area contributed by atoms with Crippen molar-refractivity contribution in [2.75, 3.05) is 11.1 Å². The lowest BCUT2D eigenvalue weighted by atomic mass is 10.0. The highest BCUT2D eigenvalue weighted by molar-refractivity contribution is 6.51. The number of aromatic nitrogens is 2. The molecule has 2 aromatic rings. The number of nitrogens with two attached hydrogens (primary N) is 1. The molecule has 2 aromatic heterocycles. The predicted molar refractivity (Wildman–Crippen MR) is 82.8 cm³/mol. The Morgan fingerprint density at radius 1 is 1.33 bits per heavy atom. The van der Waals surface area contributed by atoms with Gasteiger partial charge in [0.05, 0.1) is 0 Å². The predicted octanol–water partition coefficient (Wildman–Crippen LogP) is 2.13. The minimum atomic E-state index is -0.413. The van der Waals surface area contributed by atoms with Crippen LogP contribution in [0, 0.1) is 5.41 Å². The number of rotatable bonds is 5. The number of ketones is 1. The summed E-state index contributed by atoms with van der Waals surface area (Å²) in [7, 11) is 0. The Kier molecular flexibility index (Phi) is 4.27. The normalized spacial score (nSPS) is 10.4. The van der Waals surface area contributed by atoms with Crippen LogP contribution >= 0.6 is 0 Å². The molecule has 0 aliphatic carbocycles. The zero-order valence-corrected chi connectivity index (χ0v) is 11.9. The standard InChI is InChI=1S/C15H17N5O/c1-9(2)20-12-4-5-18-8-11(12)14(17)15(21)10-3-6-19-13(16)7-10/h3-9,17H,1-2H3,(H2,16,19)(H,18,20). The van der Waals surface area contributed by atoms with Gasteiger partial charge in [-0.2, -0.15) is 0 Å². The van der Waals surface area contributed by atoms with Crippen LogP contribution in [0.25, 0.3) is 0 Å². The molecule has 0 unspecified atom stereocenters. The quantitative estimate of drug-likeness (QED) is 0.576. The van der Waals surface area contributed by atoms with Crippen molar-refractivity contribution in [3.63, 3.8) is 0 Å². The van der Waals surface area contributed by atoms with Gasteiger partial charge < -0.3 is 11.1 Å². The fraction of sp³-hybridized carbons (Fsp3) is 0.200. The van der Waals surface area contributed by atoms with Crippen molar-refractivity contribution in [1.82, 2.24) is 9.97 Å². The number of carbonyl (C=O) groups is 1. The van der Waals surface area contributed by atoms with E-state index >= 15 is 0 Å². The van der Waals surface area contributed by atoms with Gasteiger partial charge in [0.25, 0.3) is 0 Å². The lowest BCUT2D eigenvalue weighted by Crippen LogP contribution is -2.19. The van der Waals surface area contributed by atoms with Crippen molar-refractivity contribution in [2.45, 2.75) is 19.9 Å². The van der Waals surface area contributed by atoms with Crippen molar-refractivity contribution in [3.05, 3.63) is 47.9 Å². The van der Waals surface area contributed by atoms with Gasteiger partial charge in [-0.25, -0.2) is 4.98 Å². The molecular weight excluding hydrogens is 266 g/mol. The van der Waals surface area contributed by atoms with Gasteiger partial charge in [0, 0.05) is 41.4 Å². The van der Waals surface area contributed by atoms with Gasteiger partial charge >= 0.3 is 0 Å². The number of carbonyl (C=O) groups excluding carboxylic acids is 1. The third-order valence-electron chi connectivity index (χ3n) is 2.80. The van der Waals surface area contributed by atoms with Gasteiger partial charge in [-0.15, -0.1) is 0 Å². The summed E-state index contributed by atoms with van der Waals surface area (Å²) in [5, 5.41) is 11.3. The highest BCUT2D eigenvalue weighted by atomic mass is 16.1. The maximum absolute atomic E-state index is 12.4. The lowest BCUT2D eigenvalue weighted by molar-refractivity contribution is 0.106. The Morgan fingerprint density at radius 2 is 2.10 bits per heavy atom. The first-order chi connectivity index (χ1) is 9.99. The third-order valence-corrected chi connectivity index (χ3v) is 2.80. The van der Waals surface area contributed by atoms with Crippen LogP contribution in [0.15, 0.2) is 36.8 Å². The molecule has 6 nitrogen and oxygen atoms in total. The van der Waals surface area contributed by atoms with Crippen LogP contribution in [0.1, 0.15) is 29.8 Å². The van der Waals surface area contributed by atoms with E-state index in [-0.39, 0.29) is 17.6 Å². The average Bonchev–Trinajstić information content (AvgIpc) is 2.46. The number of anilines is 2. The monoisotopic (exact) mass is 283 g/mol. The maximum atomic E-state index is 12.4. The summed E-state index contributed by atoms with van der Waals surface area (Å²) in [5.74, 6) is -0.163. The number of nitrogen functional groups attached to an aromatic ring is 1. The van der Waals surface area contributed by atoms with Crippen molar-refractivity contribution < 1.29 is 4.79 Å². The van der Waals surface area contributed by atoms with E-state index in [1.54, 1.807) is 18.3 Å². The zero-order chi connectivity index (χ0) is 15.4. The molecule has 0 atom stereocenters. The van der Waals surface area contributed by atoms with Gasteiger partial charge in [-0.05, 0) is 32.0 Å². The maximum Gasteiger partial charge on any atom is 0.211 e. The second-order valence-corrected chi connectivity index (χ2v) is 4.89. The van der Waals surface area contributed by atoms with Crippen LogP contribution in [0.3, 0.4) is 0 Å². The molecule has 0 amide bonds. The molecule has 0 aromatic carbocycles. The second-order valence-electron chi connectivity index (χ2n) is 4.89. The minimum Gasteiger partial charge on any atom is -0.384 e. The van der Waals surface area contributed by atoms with Crippen LogP contribution < -0.4 is 11.1 Å². The first-order valence-electron chi connectivity index (χ1n) is 6.54. The lowest BCUT2D eigenvalue weighted by Gasteiger charge is -2.14. The summed E-state index contributed by atoms with van der Waals surface area (Å²) in [6, 6.07) is 4.94. The number of hydrogen-bond donors (Lipinski definition) is 3. The largest absolute Gasteiger partial charge is 0.384 e. The summed E-state index contributed by atoms with van der Waals surface area (Å²) in [6.45, 7) is 3.97. The molecule has 21 heavy (non-hydrogen) atoms. The van der Waals surface area contributed by atoms with Crippen molar-refractivity contribution in [3.8, 4) is 0 Å². The Morgan fingerprint density at radius 3 is 2.76 bits per heavy atom. The van der Waals surface area contributed by atoms with Gasteiger partial charge in [0.2, 0.25) is 5.78 Å². The number of pyridine rings is 2. The number of Topliss-reactive ketones (excluding diaryl/α,β-unsaturated/α-hetero) is 1. The molecule has 0 radical (unpaired) electrons. The Bertz CT molecular complexity index is 681. The highest BCUT2D eigenvalue weighted by Gasteiger charge is 2.18. The molecule has 0 aliphatic heterocycles. The second kappa shape index (κ2) is 6.13. The summed E-state index contributed by atoms with van der Waals surface area (Å²) in [6.07, 6.45) is 4.58. The zero-order valence-electron chi connectivity index (χ0n) is 11.9. The first kappa shape index (κ1) is 14.6. The summed E-state index contributed by atoms with van der Waals surface area (Å²) < 4.78 is 0. The topological polar surface area (TPSA) is 105 Å². The van der Waals surface area contributed by atoms with Crippen molar-refractivity contribution in [1.29, 1.82) is 5.41 Å². The first-order valence-corrected chi connectivity index (χ1v) is 6.54. The van der Waals surface area contributed by atoms with Crippen LogP contribution in [0.2, 0.25) is 0 Å². The fourth-order valence-corrected chi connectivity index (χ4v) is 1.89. The van der Waals surface area contributed by atoms with E-state index < -0.39 is 5.78 Å². The summed E-state index contributed by atoms with van der Waals surface area (Å²) in [4.78, 5) is 20.2. The number of hydrogen-bond acceptors (Lipinski definition) is 6. The van der Waals surface area contributed by atoms with E-state index in [0.29, 0.717) is 16.8 Å². The van der Waals surface area contributed by atoms with Crippen LogP contribution in [-0.2, 0) is 0 Å². The van der Waals surface area contributed by atoms with Crippen molar-refractivity contribution >= 4 is 23.0 Å². The van der Waals surface area contributed by atoms with Crippen molar-refractivity contribution in [2.24, 2.45) is 0 Å². The molecule has 2 heterocycles. The molecule has 0 saturated carbocycles. The molecule has 2 rings (SSSR count). The van der Waals surface area contributed by atoms with Crippen LogP contribution in [0.5, 0.6) is 0 Å². The highest BCUT2D eigenvalue weighted by Crippen LogP contribution is 2.18. The molecule has 0 spiro atoms. The van der Waals surface area contributed by atoms with E-state index in [0.717, 1.165) is 0 Å². The molecule has 6 heteroatoms. The Balaban J connectivity index is 2.34. The molecule has 4 N–H and O–H groups in total. The minimum absolute atomic E-state index is 0.128. The van der Waals surface area contributed by atoms with Crippen LogP contribution in [-0.4, -0.2) is 27.5 Å². The third kappa shape index (κ3) is 3.42. The molecule has 0 bridgehead atoms. The van der Waals surface area contributed by atoms with Gasteiger partial charge in [-0.3, -0.25) is 15.2 Å². The smallest absolute Gasteiger partial charge is 0.211 e.